The van der Waals surface area contributed by atoms with Gasteiger partial charge in [-0.2, -0.15) is 11.8 Å². The summed E-state index contributed by atoms with van der Waals surface area (Å²) in [5.41, 5.74) is 1.17. The van der Waals surface area contributed by atoms with Gasteiger partial charge in [0.25, 0.3) is 0 Å². The van der Waals surface area contributed by atoms with E-state index in [1.54, 1.807) is 12.1 Å². The molecule has 1 N–H and O–H groups in total. The normalized spacial score (nSPS) is 22.1. The lowest BCUT2D eigenvalue weighted by atomic mass is 10.2. The number of cyclic esters (lactones) is 1. The lowest BCUT2D eigenvalue weighted by Crippen LogP contribution is -2.33. The molecule has 2 aliphatic rings. The largest absolute Gasteiger partial charge is 0.443 e. The summed E-state index contributed by atoms with van der Waals surface area (Å²) in [6, 6.07) is 4.99. The molecule has 0 saturated carbocycles. The maximum atomic E-state index is 14.4. The second kappa shape index (κ2) is 6.75. The number of benzene rings is 1. The number of anilines is 2. The average Bonchev–Trinajstić information content (AvgIpc) is 2.89. The van der Waals surface area contributed by atoms with E-state index in [1.807, 2.05) is 18.8 Å². The third kappa shape index (κ3) is 3.15. The zero-order valence-corrected chi connectivity index (χ0v) is 13.4. The highest BCUT2D eigenvalue weighted by Gasteiger charge is 2.32. The Morgan fingerprint density at radius 2 is 2.18 bits per heavy atom. The second-order valence-corrected chi connectivity index (χ2v) is 6.63. The number of hydrogen-bond acceptors (Lipinski definition) is 5. The summed E-state index contributed by atoms with van der Waals surface area (Å²) in [7, 11) is 1.81. The fourth-order valence-corrected chi connectivity index (χ4v) is 3.69. The van der Waals surface area contributed by atoms with Crippen molar-refractivity contribution in [3.8, 4) is 0 Å². The van der Waals surface area contributed by atoms with E-state index in [-0.39, 0.29) is 11.9 Å². The maximum Gasteiger partial charge on any atom is 0.414 e. The van der Waals surface area contributed by atoms with Crippen LogP contribution < -0.4 is 15.1 Å². The molecular formula is C15H20FN3O2S. The molecule has 120 valence electrons. The number of ether oxygens (including phenoxy) is 1. The summed E-state index contributed by atoms with van der Waals surface area (Å²) in [5.74, 6) is 1.76. The van der Waals surface area contributed by atoms with E-state index in [9.17, 15) is 9.18 Å². The Kier molecular flexibility index (Phi) is 4.73. The van der Waals surface area contributed by atoms with Crippen LogP contribution in [-0.2, 0) is 4.74 Å². The third-order valence-corrected chi connectivity index (χ3v) is 4.84. The zero-order valence-electron chi connectivity index (χ0n) is 12.5. The van der Waals surface area contributed by atoms with Crippen LogP contribution in [0.15, 0.2) is 18.2 Å². The number of carbonyl (C=O) groups excluding carboxylic acids is 1. The molecule has 0 aromatic heterocycles. The van der Waals surface area contributed by atoms with Crippen LogP contribution in [0.5, 0.6) is 0 Å². The standard InChI is InChI=1S/C15H20FN3O2S/c1-17-9-12-10-19(15(20)21-12)11-2-3-14(13(16)8-11)18-4-6-22-7-5-18/h2-3,8,12,17H,4-7,9-10H2,1H3/t12-/m0/s1. The van der Waals surface area contributed by atoms with Crippen LogP contribution in [-0.4, -0.2) is 56.9 Å². The monoisotopic (exact) mass is 325 g/mol. The molecule has 3 rings (SSSR count). The van der Waals surface area contributed by atoms with Crippen molar-refractivity contribution < 1.29 is 13.9 Å². The molecule has 2 heterocycles. The first kappa shape index (κ1) is 15.4. The molecule has 1 atom stereocenters. The Balaban J connectivity index is 1.75. The van der Waals surface area contributed by atoms with Crippen LogP contribution in [0.4, 0.5) is 20.6 Å². The fourth-order valence-electron chi connectivity index (χ4n) is 2.79. The van der Waals surface area contributed by atoms with Gasteiger partial charge in [-0.1, -0.05) is 0 Å². The Bertz CT molecular complexity index is 552. The molecule has 0 aliphatic carbocycles. The summed E-state index contributed by atoms with van der Waals surface area (Å²) < 4.78 is 19.7. The Labute approximate surface area is 133 Å². The van der Waals surface area contributed by atoms with Crippen LogP contribution in [0.25, 0.3) is 0 Å². The number of likely N-dealkylation sites (N-methyl/N-ethyl adjacent to an activating group) is 1. The van der Waals surface area contributed by atoms with Gasteiger partial charge in [-0.15, -0.1) is 0 Å². The average molecular weight is 325 g/mol. The highest BCUT2D eigenvalue weighted by atomic mass is 32.2. The van der Waals surface area contributed by atoms with Gasteiger partial charge in [-0.25, -0.2) is 9.18 Å². The molecular weight excluding hydrogens is 305 g/mol. The van der Waals surface area contributed by atoms with Crippen molar-refractivity contribution in [2.75, 3.05) is 54.5 Å². The number of nitrogens with zero attached hydrogens (tertiary/aromatic N) is 2. The molecule has 1 aromatic rings. The molecule has 1 amide bonds. The first-order valence-corrected chi connectivity index (χ1v) is 8.59. The van der Waals surface area contributed by atoms with Crippen LogP contribution in [0.3, 0.4) is 0 Å². The summed E-state index contributed by atoms with van der Waals surface area (Å²) in [4.78, 5) is 15.4. The number of nitrogens with one attached hydrogen (secondary N) is 1. The van der Waals surface area contributed by atoms with Crippen molar-refractivity contribution in [2.45, 2.75) is 6.10 Å². The Hall–Kier alpha value is -1.47. The van der Waals surface area contributed by atoms with E-state index >= 15 is 0 Å². The SMILES string of the molecule is CNC[C@H]1CN(c2ccc(N3CCSCC3)c(F)c2)C(=O)O1. The predicted octanol–water partition coefficient (Wildman–Crippen LogP) is 1.92. The van der Waals surface area contributed by atoms with Crippen molar-refractivity contribution >= 4 is 29.2 Å². The molecule has 0 bridgehead atoms. The number of carbonyl (C=O) groups is 1. The molecule has 0 unspecified atom stereocenters. The molecule has 5 nitrogen and oxygen atoms in total. The van der Waals surface area contributed by atoms with Gasteiger partial charge in [0.1, 0.15) is 11.9 Å². The van der Waals surface area contributed by atoms with Gasteiger partial charge in [-0.3, -0.25) is 4.90 Å². The second-order valence-electron chi connectivity index (χ2n) is 5.41. The zero-order chi connectivity index (χ0) is 15.5. The molecule has 7 heteroatoms. The van der Waals surface area contributed by atoms with Crippen molar-refractivity contribution in [3.63, 3.8) is 0 Å². The van der Waals surface area contributed by atoms with Gasteiger partial charge in [0, 0.05) is 31.1 Å². The van der Waals surface area contributed by atoms with Gasteiger partial charge in [0.05, 0.1) is 17.9 Å². The quantitative estimate of drug-likeness (QED) is 0.916. The molecule has 2 aliphatic heterocycles. The highest BCUT2D eigenvalue weighted by molar-refractivity contribution is 7.99. The van der Waals surface area contributed by atoms with E-state index in [4.69, 9.17) is 4.74 Å². The molecule has 1 aromatic carbocycles. The maximum absolute atomic E-state index is 14.4. The van der Waals surface area contributed by atoms with Gasteiger partial charge in [0.2, 0.25) is 0 Å². The highest BCUT2D eigenvalue weighted by Crippen LogP contribution is 2.29. The summed E-state index contributed by atoms with van der Waals surface area (Å²) >= 11 is 1.89. The minimum absolute atomic E-state index is 0.195. The van der Waals surface area contributed by atoms with Crippen molar-refractivity contribution in [3.05, 3.63) is 24.0 Å². The number of hydrogen-bond donors (Lipinski definition) is 1. The summed E-state index contributed by atoms with van der Waals surface area (Å²) in [5, 5.41) is 2.98. The summed E-state index contributed by atoms with van der Waals surface area (Å²) in [6.07, 6.45) is -0.610. The number of rotatable bonds is 4. The lowest BCUT2D eigenvalue weighted by Gasteiger charge is -2.29. The van der Waals surface area contributed by atoms with Gasteiger partial charge in [-0.05, 0) is 25.2 Å². The van der Waals surface area contributed by atoms with Crippen LogP contribution in [0.1, 0.15) is 0 Å². The number of amides is 1. The predicted molar refractivity (Wildman–Crippen MR) is 87.5 cm³/mol. The first-order valence-electron chi connectivity index (χ1n) is 7.44. The van der Waals surface area contributed by atoms with Gasteiger partial charge < -0.3 is 15.0 Å². The number of thioether (sulfide) groups is 1. The van der Waals surface area contributed by atoms with Gasteiger partial charge >= 0.3 is 6.09 Å². The van der Waals surface area contributed by atoms with Crippen molar-refractivity contribution in [2.24, 2.45) is 0 Å². The van der Waals surface area contributed by atoms with E-state index in [2.05, 4.69) is 10.2 Å². The molecule has 2 saturated heterocycles. The Morgan fingerprint density at radius 1 is 1.41 bits per heavy atom. The van der Waals surface area contributed by atoms with E-state index in [0.29, 0.717) is 24.5 Å². The molecule has 0 spiro atoms. The smallest absolute Gasteiger partial charge is 0.414 e. The fraction of sp³-hybridized carbons (Fsp3) is 0.533. The van der Waals surface area contributed by atoms with E-state index < -0.39 is 6.09 Å². The van der Waals surface area contributed by atoms with E-state index in [0.717, 1.165) is 24.6 Å². The van der Waals surface area contributed by atoms with Gasteiger partial charge in [0.15, 0.2) is 0 Å². The Morgan fingerprint density at radius 3 is 2.86 bits per heavy atom. The van der Waals surface area contributed by atoms with E-state index in [1.165, 1.54) is 11.0 Å². The molecule has 22 heavy (non-hydrogen) atoms. The third-order valence-electron chi connectivity index (χ3n) is 3.90. The first-order chi connectivity index (χ1) is 10.7. The van der Waals surface area contributed by atoms with Crippen LogP contribution >= 0.6 is 11.8 Å². The van der Waals surface area contributed by atoms with Crippen LogP contribution in [0.2, 0.25) is 0 Å². The minimum atomic E-state index is -0.415. The lowest BCUT2D eigenvalue weighted by molar-refractivity contribution is 0.141. The van der Waals surface area contributed by atoms with Crippen molar-refractivity contribution in [1.29, 1.82) is 0 Å². The van der Waals surface area contributed by atoms with Crippen LogP contribution in [0, 0.1) is 5.82 Å². The number of halogens is 1. The molecule has 2 fully saturated rings. The topological polar surface area (TPSA) is 44.8 Å². The molecule has 0 radical (unpaired) electrons. The summed E-state index contributed by atoms with van der Waals surface area (Å²) in [6.45, 7) is 2.75. The minimum Gasteiger partial charge on any atom is -0.443 e. The van der Waals surface area contributed by atoms with Crippen molar-refractivity contribution in [1.82, 2.24) is 5.32 Å².